The van der Waals surface area contributed by atoms with Crippen LogP contribution in [0, 0.1) is 13.8 Å². The smallest absolute Gasteiger partial charge is 0.315 e. The Morgan fingerprint density at radius 2 is 1.92 bits per heavy atom. The summed E-state index contributed by atoms with van der Waals surface area (Å²) in [4.78, 5) is 12.1. The van der Waals surface area contributed by atoms with Gasteiger partial charge in [-0.05, 0) is 51.8 Å². The third-order valence-corrected chi connectivity index (χ3v) is 4.18. The summed E-state index contributed by atoms with van der Waals surface area (Å²) in [6, 6.07) is 9.42. The van der Waals surface area contributed by atoms with Crippen molar-refractivity contribution in [1.29, 1.82) is 0 Å². The maximum atomic E-state index is 12.1. The fourth-order valence-corrected chi connectivity index (χ4v) is 2.75. The molecule has 2 rings (SSSR count). The van der Waals surface area contributed by atoms with Crippen molar-refractivity contribution in [2.24, 2.45) is 7.05 Å². The minimum absolute atomic E-state index is 0.0203. The fraction of sp³-hybridized carbons (Fsp3) is 0.474. The van der Waals surface area contributed by atoms with Gasteiger partial charge in [-0.2, -0.15) is 5.10 Å². The molecule has 0 fully saturated rings. The Hall–Kier alpha value is -2.50. The van der Waals surface area contributed by atoms with Crippen LogP contribution in [0.2, 0.25) is 0 Å². The Morgan fingerprint density at radius 3 is 2.52 bits per heavy atom. The van der Waals surface area contributed by atoms with Gasteiger partial charge in [-0.25, -0.2) is 4.79 Å². The summed E-state index contributed by atoms with van der Waals surface area (Å²) in [5.74, 6) is 0.799. The number of rotatable bonds is 7. The van der Waals surface area contributed by atoms with E-state index in [2.05, 4.69) is 15.7 Å². The summed E-state index contributed by atoms with van der Waals surface area (Å²) in [5, 5.41) is 10.2. The van der Waals surface area contributed by atoms with Gasteiger partial charge < -0.3 is 15.4 Å². The van der Waals surface area contributed by atoms with Crippen molar-refractivity contribution in [2.75, 3.05) is 6.54 Å². The summed E-state index contributed by atoms with van der Waals surface area (Å²) < 4.78 is 7.62. The van der Waals surface area contributed by atoms with Gasteiger partial charge in [0.1, 0.15) is 11.9 Å². The number of ether oxygens (including phenoxy) is 1. The lowest BCUT2D eigenvalue weighted by Gasteiger charge is -2.18. The van der Waals surface area contributed by atoms with Crippen LogP contribution in [0.3, 0.4) is 0 Å². The number of nitrogens with one attached hydrogen (secondary N) is 2. The molecule has 1 heterocycles. The van der Waals surface area contributed by atoms with Gasteiger partial charge >= 0.3 is 6.03 Å². The maximum Gasteiger partial charge on any atom is 0.315 e. The molecule has 6 nitrogen and oxygen atoms in total. The van der Waals surface area contributed by atoms with Gasteiger partial charge in [0.2, 0.25) is 0 Å². The Balaban J connectivity index is 1.75. The number of hydrogen-bond acceptors (Lipinski definition) is 3. The van der Waals surface area contributed by atoms with Gasteiger partial charge in [-0.15, -0.1) is 0 Å². The highest BCUT2D eigenvalue weighted by molar-refractivity contribution is 5.74. The Morgan fingerprint density at radius 1 is 1.24 bits per heavy atom. The third kappa shape index (κ3) is 5.52. The lowest BCUT2D eigenvalue weighted by atomic mass is 10.1. The number of carbonyl (C=O) groups excluding carboxylic acids is 1. The van der Waals surface area contributed by atoms with Crippen molar-refractivity contribution in [1.82, 2.24) is 20.4 Å². The van der Waals surface area contributed by atoms with Crippen molar-refractivity contribution >= 4 is 6.03 Å². The first kappa shape index (κ1) is 18.8. The predicted octanol–water partition coefficient (Wildman–Crippen LogP) is 2.73. The molecule has 1 aromatic carbocycles. The van der Waals surface area contributed by atoms with Gasteiger partial charge in [0.25, 0.3) is 0 Å². The highest BCUT2D eigenvalue weighted by atomic mass is 16.5. The fourth-order valence-electron chi connectivity index (χ4n) is 2.75. The molecule has 0 bridgehead atoms. The predicted molar refractivity (Wildman–Crippen MR) is 98.9 cm³/mol. The van der Waals surface area contributed by atoms with Gasteiger partial charge in [0.15, 0.2) is 0 Å². The first-order valence-electron chi connectivity index (χ1n) is 8.62. The molecule has 0 saturated heterocycles. The minimum Gasteiger partial charge on any atom is -0.489 e. The van der Waals surface area contributed by atoms with Gasteiger partial charge in [-0.3, -0.25) is 4.68 Å². The zero-order valence-corrected chi connectivity index (χ0v) is 15.7. The number of benzene rings is 1. The molecular formula is C19H28N4O2. The Labute approximate surface area is 149 Å². The van der Waals surface area contributed by atoms with Crippen LogP contribution in [-0.4, -0.2) is 34.5 Å². The van der Waals surface area contributed by atoms with Gasteiger partial charge in [0.05, 0.1) is 12.2 Å². The monoisotopic (exact) mass is 344 g/mol. The molecule has 0 aliphatic rings. The van der Waals surface area contributed by atoms with E-state index in [4.69, 9.17) is 4.74 Å². The van der Waals surface area contributed by atoms with Gasteiger partial charge in [-0.1, -0.05) is 18.2 Å². The summed E-state index contributed by atoms with van der Waals surface area (Å²) in [6.07, 6.45) is 0.654. The summed E-state index contributed by atoms with van der Waals surface area (Å²) in [7, 11) is 1.94. The van der Waals surface area contributed by atoms with E-state index < -0.39 is 0 Å². The van der Waals surface area contributed by atoms with Crippen LogP contribution in [0.15, 0.2) is 30.3 Å². The number of para-hydroxylation sites is 1. The Bertz CT molecular complexity index is 697. The van der Waals surface area contributed by atoms with Crippen LogP contribution < -0.4 is 15.4 Å². The zero-order valence-electron chi connectivity index (χ0n) is 15.7. The first-order valence-corrected chi connectivity index (χ1v) is 8.62. The van der Waals surface area contributed by atoms with E-state index in [1.54, 1.807) is 0 Å². The van der Waals surface area contributed by atoms with Crippen LogP contribution in [0.5, 0.6) is 5.75 Å². The lowest BCUT2D eigenvalue weighted by Crippen LogP contribution is -2.44. The Kier molecular flexibility index (Phi) is 6.44. The molecule has 0 radical (unpaired) electrons. The van der Waals surface area contributed by atoms with Crippen LogP contribution in [0.1, 0.15) is 30.8 Å². The molecule has 0 aliphatic heterocycles. The largest absolute Gasteiger partial charge is 0.489 e. The van der Waals surface area contributed by atoms with E-state index in [1.807, 2.05) is 69.8 Å². The van der Waals surface area contributed by atoms with E-state index in [1.165, 1.54) is 5.56 Å². The molecule has 2 aromatic rings. The highest BCUT2D eigenvalue weighted by Crippen LogP contribution is 2.14. The molecule has 0 spiro atoms. The number of aryl methyl sites for hydroxylation is 2. The van der Waals surface area contributed by atoms with Crippen LogP contribution in [0.25, 0.3) is 0 Å². The number of nitrogens with zero attached hydrogens (tertiary/aromatic N) is 2. The molecule has 136 valence electrons. The first-order chi connectivity index (χ1) is 11.9. The molecule has 2 amide bonds. The average Bonchev–Trinajstić information content (AvgIpc) is 2.80. The minimum atomic E-state index is -0.185. The molecule has 1 aromatic heterocycles. The van der Waals surface area contributed by atoms with Crippen molar-refractivity contribution in [3.8, 4) is 5.75 Å². The molecule has 6 heteroatoms. The molecular weight excluding hydrogens is 316 g/mol. The second kappa shape index (κ2) is 8.55. The van der Waals surface area contributed by atoms with E-state index in [-0.39, 0.29) is 18.2 Å². The van der Waals surface area contributed by atoms with E-state index in [9.17, 15) is 4.79 Å². The van der Waals surface area contributed by atoms with Crippen molar-refractivity contribution in [3.63, 3.8) is 0 Å². The summed E-state index contributed by atoms with van der Waals surface area (Å²) >= 11 is 0. The topological polar surface area (TPSA) is 68.2 Å². The third-order valence-electron chi connectivity index (χ3n) is 4.18. The molecule has 2 unspecified atom stereocenters. The number of carbonyl (C=O) groups is 1. The van der Waals surface area contributed by atoms with Crippen LogP contribution in [-0.2, 0) is 13.5 Å². The van der Waals surface area contributed by atoms with Crippen LogP contribution >= 0.6 is 0 Å². The second-order valence-electron chi connectivity index (χ2n) is 6.47. The van der Waals surface area contributed by atoms with Crippen LogP contribution in [0.4, 0.5) is 4.79 Å². The maximum absolute atomic E-state index is 12.1. The van der Waals surface area contributed by atoms with E-state index in [0.717, 1.165) is 23.6 Å². The number of urea groups is 1. The average molecular weight is 344 g/mol. The van der Waals surface area contributed by atoms with Gasteiger partial charge in [0, 0.05) is 18.8 Å². The van der Waals surface area contributed by atoms with Crippen molar-refractivity contribution < 1.29 is 9.53 Å². The highest BCUT2D eigenvalue weighted by Gasteiger charge is 2.15. The number of aromatic nitrogens is 2. The molecule has 0 saturated carbocycles. The standard InChI is InChI=1S/C19H28N4O2/c1-13(11-18-15(3)22-23(5)16(18)4)21-19(24)20-12-14(2)25-17-9-7-6-8-10-17/h6-10,13-14H,11-12H2,1-5H3,(H2,20,21,24). The quantitative estimate of drug-likeness (QED) is 0.811. The molecule has 2 N–H and O–H groups in total. The van der Waals surface area contributed by atoms with Crippen molar-refractivity contribution in [3.05, 3.63) is 47.3 Å². The summed E-state index contributed by atoms with van der Waals surface area (Å²) in [5.41, 5.74) is 3.34. The number of hydrogen-bond donors (Lipinski definition) is 2. The second-order valence-corrected chi connectivity index (χ2v) is 6.47. The van der Waals surface area contributed by atoms with E-state index >= 15 is 0 Å². The zero-order chi connectivity index (χ0) is 18.4. The van der Waals surface area contributed by atoms with E-state index in [0.29, 0.717) is 6.54 Å². The SMILES string of the molecule is Cc1nn(C)c(C)c1CC(C)NC(=O)NCC(C)Oc1ccccc1. The lowest BCUT2D eigenvalue weighted by molar-refractivity contribution is 0.206. The van der Waals surface area contributed by atoms with Crippen molar-refractivity contribution in [2.45, 2.75) is 46.3 Å². The summed E-state index contributed by atoms with van der Waals surface area (Å²) in [6.45, 7) is 8.41. The normalized spacial score (nSPS) is 13.2. The molecule has 25 heavy (non-hydrogen) atoms. The molecule has 0 aliphatic carbocycles. The molecule has 2 atom stereocenters. The number of amides is 2.